The lowest BCUT2D eigenvalue weighted by molar-refractivity contribution is 0.207. The summed E-state index contributed by atoms with van der Waals surface area (Å²) in [5.41, 5.74) is 3.02. The standard InChI is InChI=1S/C14H20N2O/c1-10-6-13(7-15)4-5-14(10)8-16-12(3)11(2)9-17/h4-6,11-12,16-17H,8-9H2,1-3H3. The van der Waals surface area contributed by atoms with Gasteiger partial charge in [0, 0.05) is 19.2 Å². The number of aliphatic hydroxyl groups excluding tert-OH is 1. The fourth-order valence-corrected chi connectivity index (χ4v) is 1.59. The van der Waals surface area contributed by atoms with Crippen molar-refractivity contribution in [3.05, 3.63) is 34.9 Å². The first-order chi connectivity index (χ1) is 8.08. The monoisotopic (exact) mass is 232 g/mol. The van der Waals surface area contributed by atoms with Crippen molar-refractivity contribution in [3.63, 3.8) is 0 Å². The van der Waals surface area contributed by atoms with Crippen molar-refractivity contribution in [2.45, 2.75) is 33.4 Å². The summed E-state index contributed by atoms with van der Waals surface area (Å²) in [5, 5.41) is 21.2. The van der Waals surface area contributed by atoms with Gasteiger partial charge in [-0.15, -0.1) is 0 Å². The van der Waals surface area contributed by atoms with Crippen molar-refractivity contribution in [1.82, 2.24) is 5.32 Å². The lowest BCUT2D eigenvalue weighted by atomic mass is 10.0. The Balaban J connectivity index is 2.61. The third-order valence-corrected chi connectivity index (χ3v) is 3.23. The SMILES string of the molecule is Cc1cc(C#N)ccc1CNC(C)C(C)CO. The van der Waals surface area contributed by atoms with E-state index < -0.39 is 0 Å². The van der Waals surface area contributed by atoms with E-state index in [0.717, 1.165) is 12.1 Å². The van der Waals surface area contributed by atoms with Gasteiger partial charge in [-0.1, -0.05) is 13.0 Å². The Labute approximate surface area is 103 Å². The second kappa shape index (κ2) is 6.39. The van der Waals surface area contributed by atoms with Gasteiger partial charge in [0.15, 0.2) is 0 Å². The maximum absolute atomic E-state index is 9.05. The fourth-order valence-electron chi connectivity index (χ4n) is 1.59. The molecule has 0 radical (unpaired) electrons. The second-order valence-electron chi connectivity index (χ2n) is 4.58. The number of aryl methyl sites for hydroxylation is 1. The van der Waals surface area contributed by atoms with Gasteiger partial charge in [0.2, 0.25) is 0 Å². The Morgan fingerprint density at radius 1 is 1.41 bits per heavy atom. The van der Waals surface area contributed by atoms with Crippen LogP contribution in [0.3, 0.4) is 0 Å². The third kappa shape index (κ3) is 3.85. The van der Waals surface area contributed by atoms with Crippen LogP contribution in [0.15, 0.2) is 18.2 Å². The number of nitriles is 1. The Morgan fingerprint density at radius 3 is 2.65 bits per heavy atom. The summed E-state index contributed by atoms with van der Waals surface area (Å²) in [7, 11) is 0. The van der Waals surface area contributed by atoms with Crippen molar-refractivity contribution < 1.29 is 5.11 Å². The molecule has 0 heterocycles. The number of hydrogen-bond acceptors (Lipinski definition) is 3. The summed E-state index contributed by atoms with van der Waals surface area (Å²) in [5.74, 6) is 0.244. The highest BCUT2D eigenvalue weighted by atomic mass is 16.3. The van der Waals surface area contributed by atoms with Crippen molar-refractivity contribution in [1.29, 1.82) is 5.26 Å². The van der Waals surface area contributed by atoms with E-state index in [4.69, 9.17) is 10.4 Å². The molecule has 0 saturated heterocycles. The van der Waals surface area contributed by atoms with Crippen LogP contribution < -0.4 is 5.32 Å². The summed E-state index contributed by atoms with van der Waals surface area (Å²) < 4.78 is 0. The molecule has 0 aliphatic carbocycles. The minimum atomic E-state index is 0.195. The molecule has 1 aromatic carbocycles. The molecule has 92 valence electrons. The average Bonchev–Trinajstić information content (AvgIpc) is 2.35. The van der Waals surface area contributed by atoms with Crippen molar-refractivity contribution >= 4 is 0 Å². The summed E-state index contributed by atoms with van der Waals surface area (Å²) in [4.78, 5) is 0. The molecule has 0 aliphatic heterocycles. The minimum absolute atomic E-state index is 0.195. The van der Waals surface area contributed by atoms with Gasteiger partial charge in [-0.3, -0.25) is 0 Å². The van der Waals surface area contributed by atoms with E-state index in [1.165, 1.54) is 5.56 Å². The minimum Gasteiger partial charge on any atom is -0.396 e. The Morgan fingerprint density at radius 2 is 2.12 bits per heavy atom. The molecule has 2 N–H and O–H groups in total. The average molecular weight is 232 g/mol. The Bertz CT molecular complexity index is 409. The third-order valence-electron chi connectivity index (χ3n) is 3.23. The molecule has 2 atom stereocenters. The van der Waals surface area contributed by atoms with Crippen LogP contribution >= 0.6 is 0 Å². The van der Waals surface area contributed by atoms with Crippen molar-refractivity contribution in [2.75, 3.05) is 6.61 Å². The van der Waals surface area contributed by atoms with Gasteiger partial charge in [0.1, 0.15) is 0 Å². The van der Waals surface area contributed by atoms with Crippen LogP contribution in [0, 0.1) is 24.2 Å². The summed E-state index contributed by atoms with van der Waals surface area (Å²) >= 11 is 0. The molecule has 0 fully saturated rings. The summed E-state index contributed by atoms with van der Waals surface area (Å²) in [6, 6.07) is 8.13. The number of aliphatic hydroxyl groups is 1. The van der Waals surface area contributed by atoms with Gasteiger partial charge in [-0.2, -0.15) is 5.26 Å². The van der Waals surface area contributed by atoms with Gasteiger partial charge in [-0.05, 0) is 43.0 Å². The summed E-state index contributed by atoms with van der Waals surface area (Å²) in [6.45, 7) is 7.06. The van der Waals surface area contributed by atoms with E-state index in [2.05, 4.69) is 18.3 Å². The van der Waals surface area contributed by atoms with Gasteiger partial charge in [0.05, 0.1) is 11.6 Å². The molecule has 17 heavy (non-hydrogen) atoms. The molecule has 3 heteroatoms. The van der Waals surface area contributed by atoms with E-state index >= 15 is 0 Å². The molecule has 0 aliphatic rings. The molecular weight excluding hydrogens is 212 g/mol. The molecular formula is C14H20N2O. The Kier molecular flexibility index (Phi) is 5.14. The normalized spacial score (nSPS) is 14.1. The quantitative estimate of drug-likeness (QED) is 0.816. The molecule has 0 saturated carbocycles. The highest BCUT2D eigenvalue weighted by Crippen LogP contribution is 2.11. The number of hydrogen-bond donors (Lipinski definition) is 2. The van der Waals surface area contributed by atoms with Gasteiger partial charge < -0.3 is 10.4 Å². The molecule has 0 bridgehead atoms. The van der Waals surface area contributed by atoms with Crippen molar-refractivity contribution in [2.24, 2.45) is 5.92 Å². The first-order valence-electron chi connectivity index (χ1n) is 5.92. The van der Waals surface area contributed by atoms with E-state index in [1.807, 2.05) is 32.0 Å². The number of rotatable bonds is 5. The molecule has 2 unspecified atom stereocenters. The number of nitrogens with one attached hydrogen (secondary N) is 1. The Hall–Kier alpha value is -1.37. The highest BCUT2D eigenvalue weighted by molar-refractivity contribution is 5.37. The maximum atomic E-state index is 9.05. The largest absolute Gasteiger partial charge is 0.396 e. The van der Waals surface area contributed by atoms with Crippen LogP contribution in [0.5, 0.6) is 0 Å². The number of benzene rings is 1. The van der Waals surface area contributed by atoms with E-state index in [0.29, 0.717) is 5.56 Å². The van der Waals surface area contributed by atoms with E-state index in [9.17, 15) is 0 Å². The van der Waals surface area contributed by atoms with Gasteiger partial charge in [0.25, 0.3) is 0 Å². The van der Waals surface area contributed by atoms with Crippen LogP contribution in [0.4, 0.5) is 0 Å². The van der Waals surface area contributed by atoms with E-state index in [-0.39, 0.29) is 18.6 Å². The zero-order valence-electron chi connectivity index (χ0n) is 10.7. The number of nitrogens with zero attached hydrogens (tertiary/aromatic N) is 1. The zero-order chi connectivity index (χ0) is 12.8. The summed E-state index contributed by atoms with van der Waals surface area (Å²) in [6.07, 6.45) is 0. The molecule has 0 spiro atoms. The molecule has 0 aromatic heterocycles. The smallest absolute Gasteiger partial charge is 0.0991 e. The first-order valence-corrected chi connectivity index (χ1v) is 5.92. The first kappa shape index (κ1) is 13.7. The predicted molar refractivity (Wildman–Crippen MR) is 68.4 cm³/mol. The van der Waals surface area contributed by atoms with Crippen molar-refractivity contribution in [3.8, 4) is 6.07 Å². The van der Waals surface area contributed by atoms with Crippen LogP contribution in [0.1, 0.15) is 30.5 Å². The van der Waals surface area contributed by atoms with Gasteiger partial charge >= 0.3 is 0 Å². The zero-order valence-corrected chi connectivity index (χ0v) is 10.7. The van der Waals surface area contributed by atoms with Crippen LogP contribution in [-0.4, -0.2) is 17.8 Å². The lowest BCUT2D eigenvalue weighted by Gasteiger charge is -2.20. The van der Waals surface area contributed by atoms with Crippen LogP contribution in [-0.2, 0) is 6.54 Å². The van der Waals surface area contributed by atoms with Crippen LogP contribution in [0.25, 0.3) is 0 Å². The topological polar surface area (TPSA) is 56.0 Å². The molecule has 1 aromatic rings. The molecule has 3 nitrogen and oxygen atoms in total. The van der Waals surface area contributed by atoms with E-state index in [1.54, 1.807) is 0 Å². The molecule has 0 amide bonds. The fraction of sp³-hybridized carbons (Fsp3) is 0.500. The lowest BCUT2D eigenvalue weighted by Crippen LogP contribution is -2.33. The molecule has 1 rings (SSSR count). The highest BCUT2D eigenvalue weighted by Gasteiger charge is 2.10. The van der Waals surface area contributed by atoms with Crippen LogP contribution in [0.2, 0.25) is 0 Å². The maximum Gasteiger partial charge on any atom is 0.0991 e. The van der Waals surface area contributed by atoms with Gasteiger partial charge in [-0.25, -0.2) is 0 Å². The second-order valence-corrected chi connectivity index (χ2v) is 4.58. The predicted octanol–water partition coefficient (Wildman–Crippen LogP) is 1.97.